The summed E-state index contributed by atoms with van der Waals surface area (Å²) in [6.07, 6.45) is 13.3. The van der Waals surface area contributed by atoms with Gasteiger partial charge in [0.2, 0.25) is 0 Å². The zero-order chi connectivity index (χ0) is 21.6. The highest BCUT2D eigenvalue weighted by Gasteiger charge is 2.26. The second-order valence-corrected chi connectivity index (χ2v) is 9.56. The Morgan fingerprint density at radius 1 is 0.935 bits per heavy atom. The first kappa shape index (κ1) is 21.9. The number of hydrogen-bond donors (Lipinski definition) is 0. The van der Waals surface area contributed by atoms with E-state index in [9.17, 15) is 4.79 Å². The van der Waals surface area contributed by atoms with Crippen molar-refractivity contribution in [3.05, 3.63) is 122 Å². The largest absolute Gasteiger partial charge is 0.290 e. The van der Waals surface area contributed by atoms with E-state index in [0.29, 0.717) is 13.1 Å². The Morgan fingerprint density at radius 3 is 2.48 bits per heavy atom. The maximum atomic E-state index is 13.4. The van der Waals surface area contributed by atoms with Crippen molar-refractivity contribution >= 4 is 43.7 Å². The molecule has 0 atom stereocenters. The lowest BCUT2D eigenvalue weighted by atomic mass is 9.93. The summed E-state index contributed by atoms with van der Waals surface area (Å²) < 4.78 is 2.02. The zero-order valence-electron chi connectivity index (χ0n) is 17.1. The SMILES string of the molecule is O=C1/C(=C/C2=CCC=CC(Br)=C2)CN(Cc2ccccc2)C/C1=C\c1cccc(Br)c1. The monoisotopic (exact) mass is 535 g/mol. The number of ketones is 1. The molecule has 2 nitrogen and oxygen atoms in total. The number of rotatable bonds is 4. The smallest absolute Gasteiger partial charge is 0.187 e. The highest BCUT2D eigenvalue weighted by atomic mass is 79.9. The molecule has 0 unspecified atom stereocenters. The van der Waals surface area contributed by atoms with Gasteiger partial charge < -0.3 is 0 Å². The first-order valence-electron chi connectivity index (χ1n) is 10.3. The van der Waals surface area contributed by atoms with Gasteiger partial charge in [-0.1, -0.05) is 92.6 Å². The highest BCUT2D eigenvalue weighted by Crippen LogP contribution is 2.25. The molecule has 31 heavy (non-hydrogen) atoms. The summed E-state index contributed by atoms with van der Waals surface area (Å²) in [6.45, 7) is 2.08. The first-order chi connectivity index (χ1) is 15.1. The van der Waals surface area contributed by atoms with Crippen LogP contribution >= 0.6 is 31.9 Å². The van der Waals surface area contributed by atoms with Crippen molar-refractivity contribution in [2.24, 2.45) is 0 Å². The number of piperidine rings is 1. The van der Waals surface area contributed by atoms with E-state index in [1.165, 1.54) is 5.56 Å². The van der Waals surface area contributed by atoms with Crippen molar-refractivity contribution in [2.75, 3.05) is 13.1 Å². The molecule has 2 aromatic carbocycles. The summed E-state index contributed by atoms with van der Waals surface area (Å²) >= 11 is 7.10. The van der Waals surface area contributed by atoms with Crippen LogP contribution < -0.4 is 0 Å². The van der Waals surface area contributed by atoms with Crippen molar-refractivity contribution in [3.63, 3.8) is 0 Å². The Morgan fingerprint density at radius 2 is 1.71 bits per heavy atom. The Bertz CT molecular complexity index is 1120. The molecule has 1 heterocycles. The molecule has 0 saturated carbocycles. The van der Waals surface area contributed by atoms with Crippen LogP contribution in [0.4, 0.5) is 0 Å². The predicted molar refractivity (Wildman–Crippen MR) is 136 cm³/mol. The van der Waals surface area contributed by atoms with E-state index in [-0.39, 0.29) is 5.78 Å². The summed E-state index contributed by atoms with van der Waals surface area (Å²) in [5, 5.41) is 0. The van der Waals surface area contributed by atoms with Crippen molar-refractivity contribution in [1.29, 1.82) is 0 Å². The molecule has 0 aromatic heterocycles. The molecule has 0 spiro atoms. The molecule has 1 saturated heterocycles. The average Bonchev–Trinajstić information content (AvgIpc) is 2.96. The summed E-state index contributed by atoms with van der Waals surface area (Å²) in [5.41, 5.74) is 4.98. The minimum atomic E-state index is 0.131. The number of allylic oxidation sites excluding steroid dienone is 7. The number of carbonyl (C=O) groups is 1. The number of halogens is 2. The van der Waals surface area contributed by atoms with Gasteiger partial charge in [-0.3, -0.25) is 9.69 Å². The van der Waals surface area contributed by atoms with Gasteiger partial charge in [0.25, 0.3) is 0 Å². The Hall–Kier alpha value is -2.27. The maximum Gasteiger partial charge on any atom is 0.187 e. The normalized spacial score (nSPS) is 20.0. The number of carbonyl (C=O) groups excluding carboxylic acids is 1. The average molecular weight is 537 g/mol. The van der Waals surface area contributed by atoms with E-state index < -0.39 is 0 Å². The molecule has 0 amide bonds. The highest BCUT2D eigenvalue weighted by molar-refractivity contribution is 9.12. The zero-order valence-corrected chi connectivity index (χ0v) is 20.3. The molecule has 2 aliphatic rings. The molecule has 2 aromatic rings. The van der Waals surface area contributed by atoms with Gasteiger partial charge in [0.05, 0.1) is 0 Å². The third kappa shape index (κ3) is 6.13. The van der Waals surface area contributed by atoms with E-state index in [4.69, 9.17) is 0 Å². The molecule has 0 bridgehead atoms. The molecule has 4 heteroatoms. The van der Waals surface area contributed by atoms with E-state index in [1.54, 1.807) is 0 Å². The fourth-order valence-corrected chi connectivity index (χ4v) is 4.68. The van der Waals surface area contributed by atoms with Crippen molar-refractivity contribution < 1.29 is 4.79 Å². The van der Waals surface area contributed by atoms with Crippen molar-refractivity contribution in [3.8, 4) is 0 Å². The van der Waals surface area contributed by atoms with Crippen LogP contribution in [-0.4, -0.2) is 23.8 Å². The number of nitrogens with zero attached hydrogens (tertiary/aromatic N) is 1. The van der Waals surface area contributed by atoms with Crippen LogP contribution in [0.2, 0.25) is 0 Å². The topological polar surface area (TPSA) is 20.3 Å². The first-order valence-corrected chi connectivity index (χ1v) is 11.9. The van der Waals surface area contributed by atoms with Crippen LogP contribution in [0.3, 0.4) is 0 Å². The van der Waals surface area contributed by atoms with Gasteiger partial charge in [0.15, 0.2) is 5.78 Å². The lowest BCUT2D eigenvalue weighted by molar-refractivity contribution is -0.113. The van der Waals surface area contributed by atoms with Crippen LogP contribution in [0.5, 0.6) is 0 Å². The molecule has 156 valence electrons. The molecular formula is C27H23Br2NO. The second kappa shape index (κ2) is 10.4. The van der Waals surface area contributed by atoms with E-state index >= 15 is 0 Å². The summed E-state index contributed by atoms with van der Waals surface area (Å²) in [6, 6.07) is 18.5. The molecule has 0 N–H and O–H groups in total. The van der Waals surface area contributed by atoms with Crippen molar-refractivity contribution in [2.45, 2.75) is 13.0 Å². The minimum Gasteiger partial charge on any atom is -0.290 e. The third-order valence-electron chi connectivity index (χ3n) is 5.22. The van der Waals surface area contributed by atoms with Crippen LogP contribution in [0.15, 0.2) is 111 Å². The molecule has 0 radical (unpaired) electrons. The maximum absolute atomic E-state index is 13.4. The fourth-order valence-electron chi connectivity index (χ4n) is 3.81. The van der Waals surface area contributed by atoms with E-state index in [0.717, 1.165) is 44.2 Å². The summed E-state index contributed by atoms with van der Waals surface area (Å²) in [7, 11) is 0. The van der Waals surface area contributed by atoms with Gasteiger partial charge in [-0.25, -0.2) is 0 Å². The van der Waals surface area contributed by atoms with Crippen LogP contribution in [0, 0.1) is 0 Å². The van der Waals surface area contributed by atoms with Gasteiger partial charge in [0.1, 0.15) is 0 Å². The van der Waals surface area contributed by atoms with Gasteiger partial charge in [0, 0.05) is 39.7 Å². The van der Waals surface area contributed by atoms with Crippen molar-refractivity contribution in [1.82, 2.24) is 4.90 Å². The number of benzene rings is 2. The van der Waals surface area contributed by atoms with Gasteiger partial charge in [-0.2, -0.15) is 0 Å². The molecule has 1 fully saturated rings. The summed E-state index contributed by atoms with van der Waals surface area (Å²) in [4.78, 5) is 15.7. The van der Waals surface area contributed by atoms with Gasteiger partial charge in [-0.15, -0.1) is 0 Å². The Kier molecular flexibility index (Phi) is 7.33. The van der Waals surface area contributed by atoms with Gasteiger partial charge >= 0.3 is 0 Å². The lowest BCUT2D eigenvalue weighted by Crippen LogP contribution is -2.37. The molecule has 1 aliphatic heterocycles. The number of hydrogen-bond acceptors (Lipinski definition) is 2. The number of Topliss-reactive ketones (excluding diaryl/α,β-unsaturated/α-hetero) is 1. The number of likely N-dealkylation sites (tertiary alicyclic amines) is 1. The molecule has 4 rings (SSSR count). The van der Waals surface area contributed by atoms with Crippen LogP contribution in [0.25, 0.3) is 6.08 Å². The van der Waals surface area contributed by atoms with Gasteiger partial charge in [-0.05, 0) is 53.5 Å². The third-order valence-corrected chi connectivity index (χ3v) is 6.21. The summed E-state index contributed by atoms with van der Waals surface area (Å²) in [5.74, 6) is 0.131. The minimum absolute atomic E-state index is 0.131. The second-order valence-electron chi connectivity index (χ2n) is 7.73. The lowest BCUT2D eigenvalue weighted by Gasteiger charge is -2.30. The Balaban J connectivity index is 1.68. The van der Waals surface area contributed by atoms with Crippen LogP contribution in [0.1, 0.15) is 17.5 Å². The van der Waals surface area contributed by atoms with Crippen LogP contribution in [-0.2, 0) is 11.3 Å². The predicted octanol–water partition coefficient (Wildman–Crippen LogP) is 7.01. The van der Waals surface area contributed by atoms with E-state index in [2.05, 4.69) is 79.3 Å². The standard InChI is InChI=1S/C27H23Br2NO/c28-25-11-5-4-9-21(15-25)13-23-18-30(17-20-7-2-1-3-8-20)19-24(27(23)31)14-22-10-6-12-26(29)16-22/h1-3,5-16H,4,17-19H2/b23-13+,24-14+. The fraction of sp³-hybridized carbons (Fsp3) is 0.148. The molecular weight excluding hydrogens is 514 g/mol. The molecule has 1 aliphatic carbocycles. The quantitative estimate of drug-likeness (QED) is 0.392. The van der Waals surface area contributed by atoms with E-state index in [1.807, 2.05) is 48.6 Å². The Labute approximate surface area is 200 Å².